The molecule has 2 aromatic carbocycles. The van der Waals surface area contributed by atoms with Crippen LogP contribution in [-0.4, -0.2) is 41.8 Å². The summed E-state index contributed by atoms with van der Waals surface area (Å²) in [5.74, 6) is -1.05. The molecule has 3 N–H and O–H groups in total. The molecule has 2 aliphatic rings. The summed E-state index contributed by atoms with van der Waals surface area (Å²) in [6, 6.07) is 15.0. The highest BCUT2D eigenvalue weighted by molar-refractivity contribution is 5.86. The van der Waals surface area contributed by atoms with E-state index in [9.17, 15) is 14.4 Å². The van der Waals surface area contributed by atoms with E-state index in [2.05, 4.69) is 34.9 Å². The molecule has 4 rings (SSSR count). The van der Waals surface area contributed by atoms with E-state index in [1.165, 1.54) is 0 Å². The Labute approximate surface area is 199 Å². The normalized spacial score (nSPS) is 16.3. The minimum Gasteiger partial charge on any atom is -0.481 e. The summed E-state index contributed by atoms with van der Waals surface area (Å²) in [5, 5.41) is 14.7. The fraction of sp³-hybridized carbons (Fsp3) is 0.444. The third-order valence-electron chi connectivity index (χ3n) is 6.75. The molecule has 1 fully saturated rings. The molecule has 0 aromatic heterocycles. The first-order valence-corrected chi connectivity index (χ1v) is 12.0. The maximum atomic E-state index is 13.0. The molecule has 0 aliphatic heterocycles. The van der Waals surface area contributed by atoms with E-state index in [0.717, 1.165) is 35.1 Å². The Balaban J connectivity index is 1.40. The molecule has 0 radical (unpaired) electrons. The van der Waals surface area contributed by atoms with Crippen LogP contribution in [0.1, 0.15) is 56.6 Å². The van der Waals surface area contributed by atoms with Gasteiger partial charge in [0.2, 0.25) is 5.91 Å². The van der Waals surface area contributed by atoms with Crippen LogP contribution in [0.2, 0.25) is 0 Å². The van der Waals surface area contributed by atoms with Crippen molar-refractivity contribution in [2.45, 2.75) is 57.5 Å². The van der Waals surface area contributed by atoms with Crippen molar-refractivity contribution in [3.8, 4) is 11.1 Å². The van der Waals surface area contributed by atoms with Gasteiger partial charge < -0.3 is 20.5 Å². The Hall–Kier alpha value is -3.35. The number of carbonyl (C=O) groups is 3. The second kappa shape index (κ2) is 10.3. The Bertz CT molecular complexity index is 1020. The molecule has 2 aliphatic carbocycles. The molecule has 0 spiro atoms. The summed E-state index contributed by atoms with van der Waals surface area (Å²) < 4.78 is 5.62. The number of carboxylic acid groups (broad SMARTS) is 1. The second-order valence-electron chi connectivity index (χ2n) is 9.66. The largest absolute Gasteiger partial charge is 0.481 e. The number of hydrogen-bond acceptors (Lipinski definition) is 4. The number of nitrogens with one attached hydrogen (secondary N) is 2. The van der Waals surface area contributed by atoms with Crippen molar-refractivity contribution in [2.24, 2.45) is 11.8 Å². The summed E-state index contributed by atoms with van der Waals surface area (Å²) in [7, 11) is 0. The maximum absolute atomic E-state index is 13.0. The number of amides is 2. The van der Waals surface area contributed by atoms with Crippen LogP contribution in [0.25, 0.3) is 11.1 Å². The van der Waals surface area contributed by atoms with E-state index in [-0.39, 0.29) is 30.8 Å². The van der Waals surface area contributed by atoms with Crippen LogP contribution in [0.15, 0.2) is 48.5 Å². The van der Waals surface area contributed by atoms with Gasteiger partial charge in [0.1, 0.15) is 12.6 Å². The molecule has 1 saturated carbocycles. The molecule has 7 heteroatoms. The molecule has 0 bridgehead atoms. The predicted molar refractivity (Wildman–Crippen MR) is 128 cm³/mol. The number of benzene rings is 2. The minimum atomic E-state index is -0.970. The third-order valence-corrected chi connectivity index (χ3v) is 6.75. The Morgan fingerprint density at radius 1 is 0.971 bits per heavy atom. The number of fused-ring (bicyclic) bond motifs is 3. The van der Waals surface area contributed by atoms with Crippen LogP contribution >= 0.6 is 0 Å². The quantitative estimate of drug-likeness (QED) is 0.486. The van der Waals surface area contributed by atoms with Crippen LogP contribution in [0.4, 0.5) is 4.79 Å². The molecule has 2 atom stereocenters. The van der Waals surface area contributed by atoms with Crippen molar-refractivity contribution in [2.75, 3.05) is 6.61 Å². The molecular formula is C27H32N2O5. The summed E-state index contributed by atoms with van der Waals surface area (Å²) >= 11 is 0. The predicted octanol–water partition coefficient (Wildman–Crippen LogP) is 4.31. The Morgan fingerprint density at radius 3 is 2.09 bits per heavy atom. The molecular weight excluding hydrogens is 432 g/mol. The molecule has 34 heavy (non-hydrogen) atoms. The molecule has 180 valence electrons. The SMILES string of the molecule is CC(C)C(CC(=O)O)NC(=O)C(CC1CC1)NC(=O)OCC1c2ccccc2-c2ccccc21. The van der Waals surface area contributed by atoms with Gasteiger partial charge in [-0.15, -0.1) is 0 Å². The van der Waals surface area contributed by atoms with Crippen LogP contribution in [0, 0.1) is 11.8 Å². The van der Waals surface area contributed by atoms with Gasteiger partial charge in [0.15, 0.2) is 0 Å². The number of aliphatic carboxylic acids is 1. The van der Waals surface area contributed by atoms with Gasteiger partial charge in [-0.05, 0) is 40.5 Å². The molecule has 0 saturated heterocycles. The number of carbonyl (C=O) groups excluding carboxylic acids is 2. The highest BCUT2D eigenvalue weighted by Gasteiger charge is 2.33. The fourth-order valence-electron chi connectivity index (χ4n) is 4.63. The third kappa shape index (κ3) is 5.58. The number of alkyl carbamates (subject to hydrolysis) is 1. The standard InChI is InChI=1S/C27H32N2O5/c1-16(2)23(14-25(30)31)28-26(32)24(13-17-11-12-17)29-27(33)34-15-22-20-9-5-3-7-18(20)19-8-4-6-10-21(19)22/h3-10,16-17,22-24H,11-15H2,1-2H3,(H,28,32)(H,29,33)(H,30,31). The van der Waals surface area contributed by atoms with E-state index >= 15 is 0 Å². The van der Waals surface area contributed by atoms with Crippen molar-refractivity contribution >= 4 is 18.0 Å². The van der Waals surface area contributed by atoms with E-state index in [0.29, 0.717) is 12.3 Å². The fourth-order valence-corrected chi connectivity index (χ4v) is 4.63. The second-order valence-corrected chi connectivity index (χ2v) is 9.66. The first kappa shape index (κ1) is 23.8. The van der Waals surface area contributed by atoms with E-state index in [1.54, 1.807) is 0 Å². The summed E-state index contributed by atoms with van der Waals surface area (Å²) in [4.78, 5) is 36.9. The maximum Gasteiger partial charge on any atom is 0.407 e. The lowest BCUT2D eigenvalue weighted by molar-refractivity contribution is -0.138. The van der Waals surface area contributed by atoms with Crippen molar-refractivity contribution in [3.63, 3.8) is 0 Å². The number of ether oxygens (including phenoxy) is 1. The van der Waals surface area contributed by atoms with Crippen molar-refractivity contribution < 1.29 is 24.2 Å². The minimum absolute atomic E-state index is 0.0453. The van der Waals surface area contributed by atoms with Gasteiger partial charge in [-0.1, -0.05) is 75.2 Å². The zero-order chi connectivity index (χ0) is 24.2. The Kier molecular flexibility index (Phi) is 7.20. The first-order chi connectivity index (χ1) is 16.3. The summed E-state index contributed by atoms with van der Waals surface area (Å²) in [5.41, 5.74) is 4.54. The topological polar surface area (TPSA) is 105 Å². The average Bonchev–Trinajstić information content (AvgIpc) is 3.57. The molecule has 0 heterocycles. The molecule has 2 unspecified atom stereocenters. The van der Waals surface area contributed by atoms with Gasteiger partial charge >= 0.3 is 12.1 Å². The monoisotopic (exact) mass is 464 g/mol. The number of carboxylic acids is 1. The summed E-state index contributed by atoms with van der Waals surface area (Å²) in [6.07, 6.45) is 1.78. The van der Waals surface area contributed by atoms with Crippen LogP contribution in [0.5, 0.6) is 0 Å². The van der Waals surface area contributed by atoms with Gasteiger partial charge in [-0.25, -0.2) is 4.79 Å². The number of rotatable bonds is 10. The van der Waals surface area contributed by atoms with Crippen molar-refractivity contribution in [1.29, 1.82) is 0 Å². The zero-order valence-electron chi connectivity index (χ0n) is 19.6. The average molecular weight is 465 g/mol. The smallest absolute Gasteiger partial charge is 0.407 e. The molecule has 2 aromatic rings. The summed E-state index contributed by atoms with van der Waals surface area (Å²) in [6.45, 7) is 3.90. The van der Waals surface area contributed by atoms with Crippen molar-refractivity contribution in [3.05, 3.63) is 59.7 Å². The Morgan fingerprint density at radius 2 is 1.56 bits per heavy atom. The lowest BCUT2D eigenvalue weighted by atomic mass is 9.98. The van der Waals surface area contributed by atoms with Gasteiger partial charge in [0, 0.05) is 12.0 Å². The zero-order valence-corrected chi connectivity index (χ0v) is 19.6. The van der Waals surface area contributed by atoms with E-state index in [1.807, 2.05) is 38.1 Å². The first-order valence-electron chi connectivity index (χ1n) is 12.0. The van der Waals surface area contributed by atoms with Gasteiger partial charge in [-0.2, -0.15) is 0 Å². The van der Waals surface area contributed by atoms with Crippen LogP contribution in [-0.2, 0) is 14.3 Å². The van der Waals surface area contributed by atoms with Crippen LogP contribution < -0.4 is 10.6 Å². The van der Waals surface area contributed by atoms with E-state index in [4.69, 9.17) is 9.84 Å². The van der Waals surface area contributed by atoms with Gasteiger partial charge in [-0.3, -0.25) is 9.59 Å². The number of hydrogen-bond donors (Lipinski definition) is 3. The van der Waals surface area contributed by atoms with Gasteiger partial charge in [0.05, 0.1) is 6.42 Å². The van der Waals surface area contributed by atoms with Crippen LogP contribution in [0.3, 0.4) is 0 Å². The van der Waals surface area contributed by atoms with E-state index < -0.39 is 24.1 Å². The van der Waals surface area contributed by atoms with Gasteiger partial charge in [0.25, 0.3) is 0 Å². The lowest BCUT2D eigenvalue weighted by Crippen LogP contribution is -2.51. The molecule has 2 amide bonds. The molecule has 7 nitrogen and oxygen atoms in total. The lowest BCUT2D eigenvalue weighted by Gasteiger charge is -2.25. The highest BCUT2D eigenvalue weighted by atomic mass is 16.5. The highest BCUT2D eigenvalue weighted by Crippen LogP contribution is 2.44. The van der Waals surface area contributed by atoms with Crippen molar-refractivity contribution in [1.82, 2.24) is 10.6 Å².